The molecule has 3 rings (SSSR count). The number of hydrogen-bond donors (Lipinski definition) is 1. The van der Waals surface area contributed by atoms with Crippen LogP contribution in [-0.4, -0.2) is 36.9 Å². The molecule has 5 nitrogen and oxygen atoms in total. The molecule has 1 saturated heterocycles. The Hall–Kier alpha value is -1.61. The zero-order valence-corrected chi connectivity index (χ0v) is 17.5. The maximum Gasteiger partial charge on any atom is 0.225 e. The lowest BCUT2D eigenvalue weighted by Crippen LogP contribution is -2.34. The summed E-state index contributed by atoms with van der Waals surface area (Å²) in [4.78, 5) is 27.6. The molecule has 1 atom stereocenters. The summed E-state index contributed by atoms with van der Waals surface area (Å²) in [5.41, 5.74) is 1.03. The monoisotopic (exact) mass is 484 g/mol. The van der Waals surface area contributed by atoms with Crippen molar-refractivity contribution >= 4 is 45.7 Å². The molecule has 0 saturated carbocycles. The first-order chi connectivity index (χ1) is 12.5. The number of nitrogens with one attached hydrogen (secondary N) is 1. The van der Waals surface area contributed by atoms with E-state index in [1.807, 2.05) is 24.3 Å². The molecule has 0 aliphatic carbocycles. The van der Waals surface area contributed by atoms with Crippen LogP contribution in [0.4, 0.5) is 0 Å². The minimum atomic E-state index is -0.260. The number of methoxy groups -OCH3 is 1. The van der Waals surface area contributed by atoms with Crippen LogP contribution in [0.3, 0.4) is 0 Å². The molecule has 138 valence electrons. The van der Waals surface area contributed by atoms with Crippen LogP contribution in [0.2, 0.25) is 0 Å². The topological polar surface area (TPSA) is 58.6 Å². The van der Waals surface area contributed by atoms with E-state index in [-0.39, 0.29) is 17.7 Å². The molecule has 1 aromatic heterocycles. The molecule has 1 aliphatic rings. The fraction of sp³-hybridized carbons (Fsp3) is 0.368. The van der Waals surface area contributed by atoms with Crippen molar-refractivity contribution in [3.8, 4) is 5.75 Å². The molecule has 1 N–H and O–H groups in total. The number of ether oxygens (including phenoxy) is 1. The van der Waals surface area contributed by atoms with Gasteiger partial charge in [-0.05, 0) is 58.8 Å². The molecule has 2 amide bonds. The lowest BCUT2D eigenvalue weighted by molar-refractivity contribution is -0.129. The van der Waals surface area contributed by atoms with Crippen molar-refractivity contribution in [3.05, 3.63) is 49.7 Å². The van der Waals surface area contributed by atoms with Gasteiger partial charge < -0.3 is 15.0 Å². The first-order valence-electron chi connectivity index (χ1n) is 8.48. The van der Waals surface area contributed by atoms with Gasteiger partial charge in [0, 0.05) is 30.9 Å². The van der Waals surface area contributed by atoms with E-state index in [2.05, 4.69) is 40.0 Å². The highest BCUT2D eigenvalue weighted by Gasteiger charge is 2.34. The van der Waals surface area contributed by atoms with Crippen molar-refractivity contribution in [1.82, 2.24) is 10.2 Å². The van der Waals surface area contributed by atoms with E-state index in [0.717, 1.165) is 17.7 Å². The number of carbonyl (C=O) groups excluding carboxylic acids is 2. The van der Waals surface area contributed by atoms with E-state index < -0.39 is 0 Å². The molecule has 2 aromatic rings. The average molecular weight is 484 g/mol. The molecular weight excluding hydrogens is 463 g/mol. The Morgan fingerprint density at radius 3 is 2.73 bits per heavy atom. The first kappa shape index (κ1) is 19.2. The number of rotatable bonds is 7. The third-order valence-electron chi connectivity index (χ3n) is 4.42. The third kappa shape index (κ3) is 4.97. The predicted octanol–water partition coefficient (Wildman–Crippen LogP) is 3.07. The molecule has 0 bridgehead atoms. The molecule has 1 aromatic carbocycles. The van der Waals surface area contributed by atoms with Crippen molar-refractivity contribution < 1.29 is 14.3 Å². The summed E-state index contributed by atoms with van der Waals surface area (Å²) in [6, 6.07) is 11.8. The Morgan fingerprint density at radius 2 is 2.08 bits per heavy atom. The average Bonchev–Trinajstić information content (AvgIpc) is 3.21. The lowest BCUT2D eigenvalue weighted by atomic mass is 10.1. The molecule has 2 heterocycles. The summed E-state index contributed by atoms with van der Waals surface area (Å²) >= 11 is 4.04. The smallest absolute Gasteiger partial charge is 0.225 e. The highest BCUT2D eigenvalue weighted by Crippen LogP contribution is 2.22. The SMILES string of the molecule is COc1ccc(CN2CC(C(=O)NCCc3ccc(I)s3)CC2=O)cc1. The van der Waals surface area contributed by atoms with E-state index in [0.29, 0.717) is 26.1 Å². The zero-order valence-electron chi connectivity index (χ0n) is 14.5. The molecule has 1 fully saturated rings. The van der Waals surface area contributed by atoms with Crippen LogP contribution in [0.5, 0.6) is 5.75 Å². The molecule has 0 radical (unpaired) electrons. The van der Waals surface area contributed by atoms with Crippen molar-refractivity contribution in [2.45, 2.75) is 19.4 Å². The van der Waals surface area contributed by atoms with Gasteiger partial charge in [0.2, 0.25) is 11.8 Å². The van der Waals surface area contributed by atoms with Crippen LogP contribution in [0, 0.1) is 8.80 Å². The Balaban J connectivity index is 1.47. The van der Waals surface area contributed by atoms with Crippen LogP contribution in [0.1, 0.15) is 16.9 Å². The van der Waals surface area contributed by atoms with Crippen molar-refractivity contribution in [3.63, 3.8) is 0 Å². The van der Waals surface area contributed by atoms with Crippen LogP contribution in [0.25, 0.3) is 0 Å². The summed E-state index contributed by atoms with van der Waals surface area (Å²) in [6.45, 7) is 1.62. The minimum Gasteiger partial charge on any atom is -0.497 e. The Labute approximate surface area is 170 Å². The van der Waals surface area contributed by atoms with E-state index in [1.165, 1.54) is 7.76 Å². The van der Waals surface area contributed by atoms with Gasteiger partial charge in [0.25, 0.3) is 0 Å². The molecule has 1 aliphatic heterocycles. The maximum absolute atomic E-state index is 12.4. The van der Waals surface area contributed by atoms with Crippen LogP contribution in [0.15, 0.2) is 36.4 Å². The number of carbonyl (C=O) groups is 2. The van der Waals surface area contributed by atoms with Gasteiger partial charge in [0.05, 0.1) is 15.9 Å². The van der Waals surface area contributed by atoms with Crippen molar-refractivity contribution in [2.24, 2.45) is 5.92 Å². The normalized spacial score (nSPS) is 16.8. The number of hydrogen-bond acceptors (Lipinski definition) is 4. The Morgan fingerprint density at radius 1 is 1.31 bits per heavy atom. The first-order valence-corrected chi connectivity index (χ1v) is 10.4. The Kier molecular flexibility index (Phi) is 6.53. The molecular formula is C19H21IN2O3S. The molecule has 7 heteroatoms. The highest BCUT2D eigenvalue weighted by atomic mass is 127. The van der Waals surface area contributed by atoms with E-state index >= 15 is 0 Å². The summed E-state index contributed by atoms with van der Waals surface area (Å²) in [5.74, 6) is 0.541. The van der Waals surface area contributed by atoms with E-state index in [4.69, 9.17) is 4.74 Å². The largest absolute Gasteiger partial charge is 0.497 e. The second kappa shape index (κ2) is 8.85. The molecule has 0 spiro atoms. The van der Waals surface area contributed by atoms with Crippen LogP contribution < -0.4 is 10.1 Å². The minimum absolute atomic E-state index is 0.0261. The second-order valence-electron chi connectivity index (χ2n) is 6.27. The van der Waals surface area contributed by atoms with Crippen LogP contribution >= 0.6 is 33.9 Å². The van der Waals surface area contributed by atoms with E-state index in [9.17, 15) is 9.59 Å². The highest BCUT2D eigenvalue weighted by molar-refractivity contribution is 14.1. The number of thiophene rings is 1. The standard InChI is InChI=1S/C19H21IN2O3S/c1-25-15-4-2-13(3-5-15)11-22-12-14(10-18(22)23)19(24)21-9-8-16-6-7-17(20)26-16/h2-7,14H,8-12H2,1H3,(H,21,24). The molecule has 26 heavy (non-hydrogen) atoms. The van der Waals surface area contributed by atoms with Crippen LogP contribution in [-0.2, 0) is 22.6 Å². The van der Waals surface area contributed by atoms with Gasteiger partial charge in [-0.15, -0.1) is 11.3 Å². The zero-order chi connectivity index (χ0) is 18.5. The fourth-order valence-corrected chi connectivity index (χ4v) is 4.75. The Bertz CT molecular complexity index is 775. The number of amides is 2. The van der Waals surface area contributed by atoms with Crippen molar-refractivity contribution in [1.29, 1.82) is 0 Å². The van der Waals surface area contributed by atoms with Gasteiger partial charge in [-0.1, -0.05) is 12.1 Å². The van der Waals surface area contributed by atoms with Gasteiger partial charge in [0.1, 0.15) is 5.75 Å². The maximum atomic E-state index is 12.4. The van der Waals surface area contributed by atoms with Gasteiger partial charge >= 0.3 is 0 Å². The quantitative estimate of drug-likeness (QED) is 0.615. The number of likely N-dealkylation sites (tertiary alicyclic amines) is 1. The third-order valence-corrected chi connectivity index (χ3v) is 6.37. The van der Waals surface area contributed by atoms with Gasteiger partial charge in [-0.25, -0.2) is 0 Å². The summed E-state index contributed by atoms with van der Waals surface area (Å²) < 4.78 is 6.40. The van der Waals surface area contributed by atoms with Gasteiger partial charge in [0.15, 0.2) is 0 Å². The van der Waals surface area contributed by atoms with Gasteiger partial charge in [-0.2, -0.15) is 0 Å². The van der Waals surface area contributed by atoms with E-state index in [1.54, 1.807) is 23.3 Å². The lowest BCUT2D eigenvalue weighted by Gasteiger charge is -2.17. The van der Waals surface area contributed by atoms with Crippen molar-refractivity contribution in [2.75, 3.05) is 20.2 Å². The summed E-state index contributed by atoms with van der Waals surface area (Å²) in [5, 5.41) is 2.97. The molecule has 1 unspecified atom stereocenters. The number of halogens is 1. The number of benzene rings is 1. The summed E-state index contributed by atoms with van der Waals surface area (Å²) in [6.07, 6.45) is 1.12. The second-order valence-corrected chi connectivity index (χ2v) is 9.33. The fourth-order valence-electron chi connectivity index (χ4n) is 2.99. The summed E-state index contributed by atoms with van der Waals surface area (Å²) in [7, 11) is 1.63. The predicted molar refractivity (Wildman–Crippen MR) is 110 cm³/mol. The van der Waals surface area contributed by atoms with Gasteiger partial charge in [-0.3, -0.25) is 9.59 Å². The number of nitrogens with zero attached hydrogens (tertiary/aromatic N) is 1.